The minimum atomic E-state index is -2.62. The van der Waals surface area contributed by atoms with E-state index in [1.165, 1.54) is 0 Å². The van der Waals surface area contributed by atoms with Gasteiger partial charge in [-0.3, -0.25) is 4.79 Å². The Morgan fingerprint density at radius 3 is 2.77 bits per heavy atom. The number of rotatable bonds is 3. The molecule has 0 aliphatic heterocycles. The molecule has 1 rings (SSSR count). The smallest absolute Gasteiger partial charge is 0.277 e. The lowest BCUT2D eigenvalue weighted by Gasteiger charge is -2.00. The third-order valence-electron chi connectivity index (χ3n) is 1.15. The van der Waals surface area contributed by atoms with E-state index in [4.69, 9.17) is 5.73 Å². The number of alkyl halides is 2. The number of hydrogen-bond donors (Lipinski definition) is 2. The van der Waals surface area contributed by atoms with Crippen LogP contribution in [0.15, 0.2) is 4.63 Å². The highest BCUT2D eigenvalue weighted by Gasteiger charge is 2.16. The average molecular weight is 192 g/mol. The Morgan fingerprint density at radius 2 is 2.31 bits per heavy atom. The maximum absolute atomic E-state index is 11.6. The number of nitrogens with one attached hydrogen (secondary N) is 1. The van der Waals surface area contributed by atoms with Gasteiger partial charge in [-0.1, -0.05) is 0 Å². The zero-order chi connectivity index (χ0) is 9.84. The molecule has 0 atom stereocenters. The molecule has 0 bridgehead atoms. The molecule has 1 aromatic rings. The number of amides is 1. The highest BCUT2D eigenvalue weighted by Crippen LogP contribution is 2.03. The van der Waals surface area contributed by atoms with E-state index in [0.29, 0.717) is 0 Å². The van der Waals surface area contributed by atoms with Crippen LogP contribution in [0.25, 0.3) is 0 Å². The van der Waals surface area contributed by atoms with Crippen molar-refractivity contribution in [3.8, 4) is 0 Å². The molecule has 0 unspecified atom stereocenters. The topological polar surface area (TPSA) is 94.0 Å². The maximum Gasteiger partial charge on any atom is 0.277 e. The van der Waals surface area contributed by atoms with E-state index in [1.807, 2.05) is 5.32 Å². The molecular formula is C5H6F2N4O2. The third-order valence-corrected chi connectivity index (χ3v) is 1.15. The van der Waals surface area contributed by atoms with Gasteiger partial charge in [0.2, 0.25) is 11.5 Å². The van der Waals surface area contributed by atoms with Crippen molar-refractivity contribution in [2.24, 2.45) is 0 Å². The molecule has 1 aromatic heterocycles. The molecule has 0 aliphatic carbocycles. The van der Waals surface area contributed by atoms with Crippen LogP contribution in [0.5, 0.6) is 0 Å². The predicted molar refractivity (Wildman–Crippen MR) is 37.0 cm³/mol. The van der Waals surface area contributed by atoms with Crippen LogP contribution in [0.1, 0.15) is 10.5 Å². The van der Waals surface area contributed by atoms with Crippen molar-refractivity contribution in [1.29, 1.82) is 0 Å². The van der Waals surface area contributed by atoms with Gasteiger partial charge in [0.1, 0.15) is 0 Å². The predicted octanol–water partition coefficient (Wildman–Crippen LogP) is -0.353. The Balaban J connectivity index is 2.54. The summed E-state index contributed by atoms with van der Waals surface area (Å²) in [7, 11) is 0. The summed E-state index contributed by atoms with van der Waals surface area (Å²) in [6.45, 7) is -0.759. The van der Waals surface area contributed by atoms with E-state index in [9.17, 15) is 13.6 Å². The third kappa shape index (κ3) is 2.36. The van der Waals surface area contributed by atoms with E-state index < -0.39 is 18.9 Å². The van der Waals surface area contributed by atoms with Crippen molar-refractivity contribution in [2.75, 3.05) is 12.3 Å². The van der Waals surface area contributed by atoms with E-state index in [-0.39, 0.29) is 11.5 Å². The summed E-state index contributed by atoms with van der Waals surface area (Å²) < 4.78 is 27.4. The van der Waals surface area contributed by atoms with Crippen LogP contribution in [0.2, 0.25) is 0 Å². The number of carbonyl (C=O) groups excluding carboxylic acids is 1. The number of anilines is 1. The van der Waals surface area contributed by atoms with Gasteiger partial charge in [0.05, 0.1) is 6.54 Å². The molecule has 13 heavy (non-hydrogen) atoms. The molecule has 0 saturated heterocycles. The molecule has 0 saturated carbocycles. The van der Waals surface area contributed by atoms with Crippen molar-refractivity contribution in [2.45, 2.75) is 6.43 Å². The summed E-state index contributed by atoms with van der Waals surface area (Å²) in [5.74, 6) is -1.06. The minimum Gasteiger partial charge on any atom is -0.379 e. The number of halogens is 2. The first kappa shape index (κ1) is 9.36. The van der Waals surface area contributed by atoms with Crippen LogP contribution in [0, 0.1) is 0 Å². The Labute approximate surface area is 71.0 Å². The molecule has 0 aliphatic rings. The Morgan fingerprint density at radius 1 is 1.62 bits per heavy atom. The van der Waals surface area contributed by atoms with Crippen molar-refractivity contribution < 1.29 is 18.2 Å². The second-order valence-electron chi connectivity index (χ2n) is 2.10. The number of hydrogen-bond acceptors (Lipinski definition) is 5. The zero-order valence-corrected chi connectivity index (χ0v) is 6.33. The van der Waals surface area contributed by atoms with E-state index >= 15 is 0 Å². The molecular weight excluding hydrogens is 186 g/mol. The van der Waals surface area contributed by atoms with E-state index in [0.717, 1.165) is 0 Å². The summed E-state index contributed by atoms with van der Waals surface area (Å²) in [5, 5.41) is 8.13. The average Bonchev–Trinajstić information content (AvgIpc) is 2.47. The van der Waals surface area contributed by atoms with Crippen LogP contribution in [-0.4, -0.2) is 29.2 Å². The van der Waals surface area contributed by atoms with Crippen LogP contribution in [0.4, 0.5) is 14.6 Å². The monoisotopic (exact) mass is 192 g/mol. The number of aromatic nitrogens is 2. The second kappa shape index (κ2) is 3.78. The fraction of sp³-hybridized carbons (Fsp3) is 0.400. The highest BCUT2D eigenvalue weighted by atomic mass is 19.3. The van der Waals surface area contributed by atoms with Gasteiger partial charge in [-0.2, -0.15) is 0 Å². The largest absolute Gasteiger partial charge is 0.379 e. The van der Waals surface area contributed by atoms with Gasteiger partial charge in [-0.05, 0) is 10.3 Å². The van der Waals surface area contributed by atoms with Gasteiger partial charge >= 0.3 is 0 Å². The number of nitrogens with zero attached hydrogens (tertiary/aromatic N) is 2. The lowest BCUT2D eigenvalue weighted by Crippen LogP contribution is -2.29. The number of carbonyl (C=O) groups is 1. The minimum absolute atomic E-state index is 0.230. The lowest BCUT2D eigenvalue weighted by molar-refractivity contribution is 0.0883. The fourth-order valence-corrected chi connectivity index (χ4v) is 0.607. The Kier molecular flexibility index (Phi) is 2.72. The summed E-state index contributed by atoms with van der Waals surface area (Å²) in [6, 6.07) is 0. The number of nitrogen functional groups attached to an aromatic ring is 1. The van der Waals surface area contributed by atoms with Crippen molar-refractivity contribution in [3.05, 3.63) is 5.69 Å². The van der Waals surface area contributed by atoms with Gasteiger partial charge < -0.3 is 11.1 Å². The van der Waals surface area contributed by atoms with Crippen LogP contribution < -0.4 is 11.1 Å². The Bertz CT molecular complexity index is 300. The standard InChI is InChI=1S/C5H6F2N4O2/c6-2(7)1-9-5(12)3-4(8)11-13-10-3/h2H,1H2,(H2,8,11)(H,9,12). The van der Waals surface area contributed by atoms with Gasteiger partial charge in [0.25, 0.3) is 12.3 Å². The van der Waals surface area contributed by atoms with Crippen molar-refractivity contribution in [3.63, 3.8) is 0 Å². The van der Waals surface area contributed by atoms with Crippen LogP contribution >= 0.6 is 0 Å². The van der Waals surface area contributed by atoms with Gasteiger partial charge in [-0.25, -0.2) is 13.4 Å². The van der Waals surface area contributed by atoms with E-state index in [1.54, 1.807) is 0 Å². The molecule has 0 fully saturated rings. The highest BCUT2D eigenvalue weighted by molar-refractivity contribution is 5.95. The van der Waals surface area contributed by atoms with Crippen molar-refractivity contribution in [1.82, 2.24) is 15.6 Å². The van der Waals surface area contributed by atoms with Gasteiger partial charge in [0.15, 0.2) is 0 Å². The SMILES string of the molecule is Nc1nonc1C(=O)NCC(F)F. The molecule has 8 heteroatoms. The molecule has 1 amide bonds. The Hall–Kier alpha value is -1.73. The summed E-state index contributed by atoms with van der Waals surface area (Å²) in [4.78, 5) is 10.9. The molecule has 0 radical (unpaired) electrons. The number of nitrogens with two attached hydrogens (primary N) is 1. The molecule has 3 N–H and O–H groups in total. The van der Waals surface area contributed by atoms with Crippen LogP contribution in [0.3, 0.4) is 0 Å². The fourth-order valence-electron chi connectivity index (χ4n) is 0.607. The first-order valence-electron chi connectivity index (χ1n) is 3.25. The summed E-state index contributed by atoms with van der Waals surface area (Å²) >= 11 is 0. The quantitative estimate of drug-likeness (QED) is 0.682. The second-order valence-corrected chi connectivity index (χ2v) is 2.10. The first-order chi connectivity index (χ1) is 6.11. The van der Waals surface area contributed by atoms with Gasteiger partial charge in [-0.15, -0.1) is 0 Å². The lowest BCUT2D eigenvalue weighted by atomic mass is 10.4. The zero-order valence-electron chi connectivity index (χ0n) is 6.33. The van der Waals surface area contributed by atoms with Gasteiger partial charge in [0, 0.05) is 0 Å². The van der Waals surface area contributed by atoms with Crippen molar-refractivity contribution >= 4 is 11.7 Å². The van der Waals surface area contributed by atoms with Crippen LogP contribution in [-0.2, 0) is 0 Å². The van der Waals surface area contributed by atoms with E-state index in [2.05, 4.69) is 14.9 Å². The molecule has 1 heterocycles. The molecule has 6 nitrogen and oxygen atoms in total. The first-order valence-corrected chi connectivity index (χ1v) is 3.25. The normalized spacial score (nSPS) is 10.4. The molecule has 0 spiro atoms. The summed E-state index contributed by atoms with van der Waals surface area (Å²) in [5.41, 5.74) is 4.84. The maximum atomic E-state index is 11.6. The molecule has 0 aromatic carbocycles. The molecule has 72 valence electrons. The summed E-state index contributed by atoms with van der Waals surface area (Å²) in [6.07, 6.45) is -2.62.